The van der Waals surface area contributed by atoms with Gasteiger partial charge in [-0.1, -0.05) is 57.9 Å². The summed E-state index contributed by atoms with van der Waals surface area (Å²) >= 11 is 0. The summed E-state index contributed by atoms with van der Waals surface area (Å²) in [6.07, 6.45) is 7.20. The summed E-state index contributed by atoms with van der Waals surface area (Å²) in [5.41, 5.74) is 2.61. The predicted octanol–water partition coefficient (Wildman–Crippen LogP) is 4.21. The van der Waals surface area contributed by atoms with Crippen LogP contribution in [0, 0.1) is 0 Å². The molecule has 0 aliphatic carbocycles. The van der Waals surface area contributed by atoms with Crippen LogP contribution in [-0.4, -0.2) is 36.0 Å². The molecule has 1 aromatic heterocycles. The van der Waals surface area contributed by atoms with Crippen molar-refractivity contribution in [3.8, 4) is 0 Å². The Morgan fingerprint density at radius 2 is 1.77 bits per heavy atom. The molecule has 2 N–H and O–H groups in total. The number of nitrogens with zero attached hydrogens (tertiary/aromatic N) is 3. The van der Waals surface area contributed by atoms with Crippen molar-refractivity contribution in [3.63, 3.8) is 0 Å². The average molecular weight is 412 g/mol. The molecule has 0 atom stereocenters. The van der Waals surface area contributed by atoms with Gasteiger partial charge in [0.25, 0.3) is 0 Å². The van der Waals surface area contributed by atoms with Gasteiger partial charge in [0.15, 0.2) is 5.96 Å². The lowest BCUT2D eigenvalue weighted by Gasteiger charge is -2.20. The third kappa shape index (κ3) is 6.87. The zero-order chi connectivity index (χ0) is 21.4. The SMILES string of the molecule is CN=C(NCc1cccc(CN2CCCCCC2)c1)NCc1ncc(C(C)(C)C)o1. The molecule has 0 saturated carbocycles. The number of aromatic nitrogens is 1. The van der Waals surface area contributed by atoms with Crippen molar-refractivity contribution in [1.29, 1.82) is 0 Å². The molecule has 30 heavy (non-hydrogen) atoms. The number of hydrogen-bond acceptors (Lipinski definition) is 4. The highest BCUT2D eigenvalue weighted by Crippen LogP contribution is 2.22. The Hall–Kier alpha value is -2.34. The number of oxazole rings is 1. The molecule has 1 aliphatic rings. The van der Waals surface area contributed by atoms with E-state index >= 15 is 0 Å². The van der Waals surface area contributed by atoms with Gasteiger partial charge < -0.3 is 15.1 Å². The molecular formula is C24H37N5O. The van der Waals surface area contributed by atoms with E-state index in [9.17, 15) is 0 Å². The first kappa shape index (κ1) is 22.3. The fourth-order valence-corrected chi connectivity index (χ4v) is 3.69. The van der Waals surface area contributed by atoms with E-state index in [2.05, 4.69) is 70.5 Å². The van der Waals surface area contributed by atoms with Crippen LogP contribution in [0.2, 0.25) is 0 Å². The largest absolute Gasteiger partial charge is 0.443 e. The summed E-state index contributed by atoms with van der Waals surface area (Å²) in [5, 5.41) is 6.67. The molecule has 2 aromatic rings. The quantitative estimate of drug-likeness (QED) is 0.550. The first-order valence-electron chi connectivity index (χ1n) is 11.1. The van der Waals surface area contributed by atoms with Crippen LogP contribution < -0.4 is 10.6 Å². The number of guanidine groups is 1. The standard InChI is InChI=1S/C24H37N5O/c1-24(2,3)21-16-26-22(30-21)17-28-23(25-4)27-15-19-10-9-11-20(14-19)18-29-12-7-5-6-8-13-29/h9-11,14,16H,5-8,12-13,15,17-18H2,1-4H3,(H2,25,27,28). The number of benzene rings is 1. The van der Waals surface area contributed by atoms with E-state index in [0.29, 0.717) is 12.4 Å². The molecule has 0 radical (unpaired) electrons. The first-order chi connectivity index (χ1) is 14.4. The highest BCUT2D eigenvalue weighted by Gasteiger charge is 2.19. The molecule has 2 heterocycles. The maximum absolute atomic E-state index is 5.84. The molecule has 1 fully saturated rings. The lowest BCUT2D eigenvalue weighted by Crippen LogP contribution is -2.36. The second kappa shape index (κ2) is 10.6. The molecule has 0 amide bonds. The maximum Gasteiger partial charge on any atom is 0.213 e. The van der Waals surface area contributed by atoms with Crippen LogP contribution in [0.15, 0.2) is 39.9 Å². The Morgan fingerprint density at radius 3 is 2.43 bits per heavy atom. The summed E-state index contributed by atoms with van der Waals surface area (Å²) in [6, 6.07) is 8.85. The molecule has 1 saturated heterocycles. The monoisotopic (exact) mass is 411 g/mol. The molecule has 0 unspecified atom stereocenters. The second-order valence-electron chi connectivity index (χ2n) is 9.16. The normalized spacial score (nSPS) is 16.3. The minimum Gasteiger partial charge on any atom is -0.443 e. The van der Waals surface area contributed by atoms with Crippen molar-refractivity contribution >= 4 is 5.96 Å². The van der Waals surface area contributed by atoms with Crippen LogP contribution in [0.25, 0.3) is 0 Å². The van der Waals surface area contributed by atoms with Gasteiger partial charge in [-0.15, -0.1) is 0 Å². The van der Waals surface area contributed by atoms with Crippen LogP contribution in [-0.2, 0) is 25.0 Å². The van der Waals surface area contributed by atoms with E-state index < -0.39 is 0 Å². The molecule has 3 rings (SSSR count). The fourth-order valence-electron chi connectivity index (χ4n) is 3.69. The smallest absolute Gasteiger partial charge is 0.213 e. The molecule has 6 heteroatoms. The molecule has 0 spiro atoms. The Morgan fingerprint density at radius 1 is 1.07 bits per heavy atom. The minimum atomic E-state index is -0.0382. The van der Waals surface area contributed by atoms with Gasteiger partial charge in [0.05, 0.1) is 12.7 Å². The van der Waals surface area contributed by atoms with Gasteiger partial charge in [-0.05, 0) is 37.1 Å². The van der Waals surface area contributed by atoms with Crippen LogP contribution in [0.4, 0.5) is 0 Å². The van der Waals surface area contributed by atoms with Crippen LogP contribution in [0.1, 0.15) is 69.2 Å². The average Bonchev–Trinajstić information content (AvgIpc) is 3.07. The van der Waals surface area contributed by atoms with E-state index in [0.717, 1.165) is 24.8 Å². The minimum absolute atomic E-state index is 0.0382. The molecule has 0 bridgehead atoms. The lowest BCUT2D eigenvalue weighted by molar-refractivity contribution is 0.277. The molecule has 1 aliphatic heterocycles. The molecule has 6 nitrogen and oxygen atoms in total. The fraction of sp³-hybridized carbons (Fsp3) is 0.583. The third-order valence-corrected chi connectivity index (χ3v) is 5.48. The van der Waals surface area contributed by atoms with Gasteiger partial charge in [0.2, 0.25) is 5.89 Å². The van der Waals surface area contributed by atoms with Crippen molar-refractivity contribution < 1.29 is 4.42 Å². The van der Waals surface area contributed by atoms with Gasteiger partial charge in [-0.25, -0.2) is 4.98 Å². The Balaban J connectivity index is 1.49. The number of rotatable bonds is 6. The van der Waals surface area contributed by atoms with Crippen molar-refractivity contribution in [2.45, 2.75) is 71.5 Å². The Bertz CT molecular complexity index is 813. The number of nitrogens with one attached hydrogen (secondary N) is 2. The van der Waals surface area contributed by atoms with E-state index in [1.54, 1.807) is 7.05 Å². The van der Waals surface area contributed by atoms with Gasteiger partial charge in [-0.2, -0.15) is 0 Å². The van der Waals surface area contributed by atoms with E-state index in [1.807, 2.05) is 6.20 Å². The number of likely N-dealkylation sites (tertiary alicyclic amines) is 1. The van der Waals surface area contributed by atoms with Crippen LogP contribution in [0.3, 0.4) is 0 Å². The third-order valence-electron chi connectivity index (χ3n) is 5.48. The van der Waals surface area contributed by atoms with Crippen molar-refractivity contribution in [2.24, 2.45) is 4.99 Å². The van der Waals surface area contributed by atoms with Gasteiger partial charge >= 0.3 is 0 Å². The van der Waals surface area contributed by atoms with Gasteiger partial charge in [-0.3, -0.25) is 9.89 Å². The Labute approximate surface area is 181 Å². The number of aliphatic imine (C=N–C) groups is 1. The highest BCUT2D eigenvalue weighted by molar-refractivity contribution is 5.79. The second-order valence-corrected chi connectivity index (χ2v) is 9.16. The zero-order valence-electron chi connectivity index (χ0n) is 19.0. The molecule has 164 valence electrons. The lowest BCUT2D eigenvalue weighted by atomic mass is 9.94. The van der Waals surface area contributed by atoms with Crippen molar-refractivity contribution in [3.05, 3.63) is 53.2 Å². The highest BCUT2D eigenvalue weighted by atomic mass is 16.4. The van der Waals surface area contributed by atoms with Gasteiger partial charge in [0, 0.05) is 25.6 Å². The number of hydrogen-bond donors (Lipinski definition) is 2. The zero-order valence-corrected chi connectivity index (χ0v) is 19.0. The van der Waals surface area contributed by atoms with E-state index in [1.165, 1.54) is 49.9 Å². The van der Waals surface area contributed by atoms with E-state index in [4.69, 9.17) is 4.42 Å². The summed E-state index contributed by atoms with van der Waals surface area (Å²) in [7, 11) is 1.78. The topological polar surface area (TPSA) is 65.7 Å². The summed E-state index contributed by atoms with van der Waals surface area (Å²) < 4.78 is 5.84. The first-order valence-corrected chi connectivity index (χ1v) is 11.1. The molecule has 1 aromatic carbocycles. The van der Waals surface area contributed by atoms with Crippen molar-refractivity contribution in [1.82, 2.24) is 20.5 Å². The maximum atomic E-state index is 5.84. The van der Waals surface area contributed by atoms with Gasteiger partial charge in [0.1, 0.15) is 5.76 Å². The van der Waals surface area contributed by atoms with Crippen LogP contribution in [0.5, 0.6) is 0 Å². The Kier molecular flexibility index (Phi) is 7.91. The van der Waals surface area contributed by atoms with Crippen LogP contribution >= 0.6 is 0 Å². The summed E-state index contributed by atoms with van der Waals surface area (Å²) in [6.45, 7) is 11.1. The summed E-state index contributed by atoms with van der Waals surface area (Å²) in [5.74, 6) is 2.30. The molecular weight excluding hydrogens is 374 g/mol. The summed E-state index contributed by atoms with van der Waals surface area (Å²) in [4.78, 5) is 11.3. The van der Waals surface area contributed by atoms with E-state index in [-0.39, 0.29) is 5.41 Å². The predicted molar refractivity (Wildman–Crippen MR) is 122 cm³/mol. The van der Waals surface area contributed by atoms with Crippen molar-refractivity contribution in [2.75, 3.05) is 20.1 Å².